The Morgan fingerprint density at radius 1 is 1.42 bits per heavy atom. The smallest absolute Gasteiger partial charge is 0.253 e. The zero-order chi connectivity index (χ0) is 14.2. The summed E-state index contributed by atoms with van der Waals surface area (Å²) in [4.78, 5) is 25.3. The fourth-order valence-electron chi connectivity index (χ4n) is 2.18. The molecule has 0 bridgehead atoms. The molecule has 1 saturated heterocycles. The van der Waals surface area contributed by atoms with Crippen LogP contribution in [-0.2, 0) is 9.59 Å². The summed E-state index contributed by atoms with van der Waals surface area (Å²) in [6.45, 7) is 5.10. The van der Waals surface area contributed by atoms with Gasteiger partial charge in [0.05, 0.1) is 5.69 Å². The minimum Gasteiger partial charge on any atom is -0.340 e. The molecule has 1 aliphatic rings. The number of aryl methyl sites for hydroxylation is 1. The number of benzene rings is 1. The van der Waals surface area contributed by atoms with Crippen LogP contribution in [0.3, 0.4) is 0 Å². The van der Waals surface area contributed by atoms with Crippen LogP contribution in [0.25, 0.3) is 0 Å². The average Bonchev–Trinajstić information content (AvgIpc) is 2.34. The van der Waals surface area contributed by atoms with Crippen molar-refractivity contribution in [3.63, 3.8) is 0 Å². The van der Waals surface area contributed by atoms with Gasteiger partial charge in [-0.15, -0.1) is 0 Å². The van der Waals surface area contributed by atoms with Crippen molar-refractivity contribution in [2.24, 2.45) is 0 Å². The van der Waals surface area contributed by atoms with Gasteiger partial charge in [0.15, 0.2) is 0 Å². The summed E-state index contributed by atoms with van der Waals surface area (Å²) in [5.74, 6) is -1.04. The molecule has 1 atom stereocenters. The third-order valence-electron chi connectivity index (χ3n) is 3.54. The number of amides is 2. The Hall–Kier alpha value is -1.91. The van der Waals surface area contributed by atoms with Gasteiger partial charge in [-0.1, -0.05) is 13.0 Å². The number of anilines is 1. The Labute approximate surface area is 111 Å². The highest BCUT2D eigenvalue weighted by atomic mass is 19.1. The van der Waals surface area contributed by atoms with Gasteiger partial charge in [-0.3, -0.25) is 14.5 Å². The van der Waals surface area contributed by atoms with Gasteiger partial charge in [0.2, 0.25) is 5.91 Å². The molecule has 1 heterocycles. The highest BCUT2D eigenvalue weighted by Gasteiger charge is 2.42. The van der Waals surface area contributed by atoms with Gasteiger partial charge in [0, 0.05) is 0 Å². The monoisotopic (exact) mass is 264 g/mol. The summed E-state index contributed by atoms with van der Waals surface area (Å²) in [6.07, 6.45) is 0.460. The van der Waals surface area contributed by atoms with Gasteiger partial charge in [-0.25, -0.2) is 4.39 Å². The van der Waals surface area contributed by atoms with Gasteiger partial charge in [0.1, 0.15) is 17.9 Å². The lowest BCUT2D eigenvalue weighted by atomic mass is 9.94. The molecule has 1 N–H and O–H groups in total. The first-order chi connectivity index (χ1) is 8.87. The van der Waals surface area contributed by atoms with E-state index in [1.54, 1.807) is 19.9 Å². The minimum atomic E-state index is -0.966. The molecule has 1 aromatic carbocycles. The summed E-state index contributed by atoms with van der Waals surface area (Å²) in [5.41, 5.74) is -0.0364. The average molecular weight is 264 g/mol. The maximum Gasteiger partial charge on any atom is 0.253 e. The molecule has 19 heavy (non-hydrogen) atoms. The number of carbonyl (C=O) groups is 2. The largest absolute Gasteiger partial charge is 0.340 e. The highest BCUT2D eigenvalue weighted by molar-refractivity contribution is 6.08. The van der Waals surface area contributed by atoms with E-state index in [1.165, 1.54) is 17.0 Å². The number of nitrogens with one attached hydrogen (secondary N) is 1. The fourth-order valence-corrected chi connectivity index (χ4v) is 2.18. The molecular weight excluding hydrogens is 247 g/mol. The second-order valence-corrected chi connectivity index (χ2v) is 5.08. The van der Waals surface area contributed by atoms with Gasteiger partial charge in [-0.05, 0) is 38.0 Å². The molecular formula is C14H17FN2O2. The Kier molecular flexibility index (Phi) is 3.30. The van der Waals surface area contributed by atoms with Crippen LogP contribution in [0, 0.1) is 12.7 Å². The predicted octanol–water partition coefficient (Wildman–Crippen LogP) is 1.77. The van der Waals surface area contributed by atoms with Crippen molar-refractivity contribution in [2.75, 3.05) is 11.4 Å². The Morgan fingerprint density at radius 3 is 2.68 bits per heavy atom. The molecule has 4 nitrogen and oxygen atoms in total. The van der Waals surface area contributed by atoms with Crippen molar-refractivity contribution in [3.8, 4) is 0 Å². The predicted molar refractivity (Wildman–Crippen MR) is 70.3 cm³/mol. The lowest BCUT2D eigenvalue weighted by Gasteiger charge is -2.39. The zero-order valence-corrected chi connectivity index (χ0v) is 11.3. The second-order valence-electron chi connectivity index (χ2n) is 5.08. The van der Waals surface area contributed by atoms with Gasteiger partial charge in [0.25, 0.3) is 5.91 Å². The summed E-state index contributed by atoms with van der Waals surface area (Å²) < 4.78 is 14.0. The fraction of sp³-hybridized carbons (Fsp3) is 0.429. The summed E-state index contributed by atoms with van der Waals surface area (Å²) in [5, 5.41) is 2.67. The summed E-state index contributed by atoms with van der Waals surface area (Å²) in [7, 11) is 0. The van der Waals surface area contributed by atoms with Crippen LogP contribution in [0.2, 0.25) is 0 Å². The first-order valence-electron chi connectivity index (χ1n) is 6.26. The first kappa shape index (κ1) is 13.5. The lowest BCUT2D eigenvalue weighted by molar-refractivity contribution is -0.135. The van der Waals surface area contributed by atoms with Crippen LogP contribution in [0.1, 0.15) is 25.8 Å². The van der Waals surface area contributed by atoms with E-state index in [0.29, 0.717) is 6.42 Å². The molecule has 2 rings (SSSR count). The molecule has 0 saturated carbocycles. The molecule has 0 spiro atoms. The summed E-state index contributed by atoms with van der Waals surface area (Å²) in [6, 6.07) is 4.62. The number of halogens is 1. The zero-order valence-electron chi connectivity index (χ0n) is 11.3. The van der Waals surface area contributed by atoms with E-state index in [1.807, 2.05) is 6.92 Å². The number of hydrogen-bond acceptors (Lipinski definition) is 2. The SMILES string of the molecule is CCC1(C)NC(=O)CN(c2ccc(C)cc2F)C1=O. The summed E-state index contributed by atoms with van der Waals surface area (Å²) >= 11 is 0. The Morgan fingerprint density at radius 2 is 2.11 bits per heavy atom. The highest BCUT2D eigenvalue weighted by Crippen LogP contribution is 2.26. The van der Waals surface area contributed by atoms with Crippen LogP contribution < -0.4 is 10.2 Å². The van der Waals surface area contributed by atoms with E-state index in [2.05, 4.69) is 5.32 Å². The molecule has 2 amide bonds. The van der Waals surface area contributed by atoms with Crippen LogP contribution >= 0.6 is 0 Å². The van der Waals surface area contributed by atoms with Crippen molar-refractivity contribution in [1.82, 2.24) is 5.32 Å². The van der Waals surface area contributed by atoms with Gasteiger partial charge < -0.3 is 5.32 Å². The van der Waals surface area contributed by atoms with Crippen LogP contribution in [0.15, 0.2) is 18.2 Å². The normalized spacial score (nSPS) is 23.5. The van der Waals surface area contributed by atoms with Crippen molar-refractivity contribution in [2.45, 2.75) is 32.7 Å². The third-order valence-corrected chi connectivity index (χ3v) is 3.54. The van der Waals surface area contributed by atoms with Crippen LogP contribution in [0.5, 0.6) is 0 Å². The Bertz CT molecular complexity index is 544. The second kappa shape index (κ2) is 4.64. The Balaban J connectivity index is 2.43. The van der Waals surface area contributed by atoms with Gasteiger partial charge in [-0.2, -0.15) is 0 Å². The third kappa shape index (κ3) is 2.32. The minimum absolute atomic E-state index is 0.144. The lowest BCUT2D eigenvalue weighted by Crippen LogP contribution is -2.65. The van der Waals surface area contributed by atoms with E-state index >= 15 is 0 Å². The van der Waals surface area contributed by atoms with Crippen LogP contribution in [0.4, 0.5) is 10.1 Å². The molecule has 1 aliphatic heterocycles. The topological polar surface area (TPSA) is 49.4 Å². The standard InChI is InChI=1S/C14H17FN2O2/c1-4-14(3)13(19)17(8-12(18)16-14)11-6-5-9(2)7-10(11)15/h5-7H,4,8H2,1-3H3,(H,16,18). The van der Waals surface area contributed by atoms with Crippen molar-refractivity contribution < 1.29 is 14.0 Å². The van der Waals surface area contributed by atoms with Crippen molar-refractivity contribution in [3.05, 3.63) is 29.6 Å². The van der Waals surface area contributed by atoms with E-state index in [9.17, 15) is 14.0 Å². The van der Waals surface area contributed by atoms with Crippen molar-refractivity contribution >= 4 is 17.5 Å². The molecule has 5 heteroatoms. The molecule has 1 unspecified atom stereocenters. The molecule has 0 aromatic heterocycles. The first-order valence-corrected chi connectivity index (χ1v) is 6.26. The van der Waals surface area contributed by atoms with E-state index in [4.69, 9.17) is 0 Å². The van der Waals surface area contributed by atoms with E-state index in [-0.39, 0.29) is 24.0 Å². The molecule has 1 fully saturated rings. The van der Waals surface area contributed by atoms with E-state index in [0.717, 1.165) is 5.56 Å². The number of hydrogen-bond donors (Lipinski definition) is 1. The number of carbonyl (C=O) groups excluding carboxylic acids is 2. The van der Waals surface area contributed by atoms with Gasteiger partial charge >= 0.3 is 0 Å². The van der Waals surface area contributed by atoms with E-state index < -0.39 is 11.4 Å². The maximum absolute atomic E-state index is 14.0. The van der Waals surface area contributed by atoms with Crippen LogP contribution in [-0.4, -0.2) is 23.9 Å². The quantitative estimate of drug-likeness (QED) is 0.885. The molecule has 0 radical (unpaired) electrons. The number of nitrogens with zero attached hydrogens (tertiary/aromatic N) is 1. The number of rotatable bonds is 2. The number of piperazine rings is 1. The van der Waals surface area contributed by atoms with Crippen molar-refractivity contribution in [1.29, 1.82) is 0 Å². The molecule has 0 aliphatic carbocycles. The maximum atomic E-state index is 14.0. The molecule has 1 aromatic rings. The molecule has 102 valence electrons.